The Hall–Kier alpha value is -2.81. The Morgan fingerprint density at radius 2 is 1.65 bits per heavy atom. The van der Waals surface area contributed by atoms with Crippen molar-refractivity contribution in [1.82, 2.24) is 5.32 Å². The van der Waals surface area contributed by atoms with Crippen LogP contribution in [0.15, 0.2) is 18.2 Å². The van der Waals surface area contributed by atoms with E-state index in [9.17, 15) is 14.4 Å². The first-order chi connectivity index (χ1) is 9.40. The van der Waals surface area contributed by atoms with Gasteiger partial charge in [-0.2, -0.15) is 0 Å². The minimum Gasteiger partial charge on any atom is -0.478 e. The third-order valence-corrected chi connectivity index (χ3v) is 2.28. The van der Waals surface area contributed by atoms with Crippen LogP contribution in [0.4, 0.5) is 0 Å². The fourth-order valence-corrected chi connectivity index (χ4v) is 1.41. The fraction of sp³-hybridized carbons (Fsp3) is 0.214. The lowest BCUT2D eigenvalue weighted by molar-refractivity contribution is -0.118. The minimum absolute atomic E-state index is 0.129. The van der Waals surface area contributed by atoms with Crippen LogP contribution >= 0.6 is 0 Å². The van der Waals surface area contributed by atoms with Gasteiger partial charge in [-0.25, -0.2) is 9.59 Å². The van der Waals surface area contributed by atoms with Crippen LogP contribution in [-0.2, 0) is 4.79 Å². The normalized spacial score (nSPS) is 9.25. The van der Waals surface area contributed by atoms with E-state index in [4.69, 9.17) is 10.2 Å². The highest BCUT2D eigenvalue weighted by Gasteiger charge is 2.10. The van der Waals surface area contributed by atoms with Crippen molar-refractivity contribution in [2.24, 2.45) is 0 Å². The number of carboxylic acid groups (broad SMARTS) is 2. The van der Waals surface area contributed by atoms with E-state index in [0.717, 1.165) is 6.07 Å². The molecular weight excluding hydrogens is 262 g/mol. The molecule has 20 heavy (non-hydrogen) atoms. The van der Waals surface area contributed by atoms with Crippen molar-refractivity contribution in [2.45, 2.75) is 13.3 Å². The second kappa shape index (κ2) is 6.95. The zero-order valence-corrected chi connectivity index (χ0v) is 10.8. The van der Waals surface area contributed by atoms with Crippen LogP contribution in [-0.4, -0.2) is 34.6 Å². The first-order valence-corrected chi connectivity index (χ1v) is 5.75. The number of carboxylic acids is 2. The Kier molecular flexibility index (Phi) is 5.30. The average molecular weight is 275 g/mol. The number of benzene rings is 1. The van der Waals surface area contributed by atoms with Gasteiger partial charge in [0.1, 0.15) is 0 Å². The standard InChI is InChI=1S/C14H13NO5/c1-9(16)15-5-3-2-4-10-6-11(13(17)18)8-12(7-10)14(19)20/h6-8H,3,5H2,1H3,(H,15,16)(H,17,18)(H,19,20). The summed E-state index contributed by atoms with van der Waals surface area (Å²) in [6, 6.07) is 3.69. The molecule has 0 aliphatic heterocycles. The van der Waals surface area contributed by atoms with E-state index < -0.39 is 11.9 Å². The minimum atomic E-state index is -1.21. The number of aromatic carboxylic acids is 2. The summed E-state index contributed by atoms with van der Waals surface area (Å²) in [4.78, 5) is 32.4. The van der Waals surface area contributed by atoms with Gasteiger partial charge in [0.15, 0.2) is 0 Å². The smallest absolute Gasteiger partial charge is 0.335 e. The van der Waals surface area contributed by atoms with Crippen LogP contribution in [0, 0.1) is 11.8 Å². The molecule has 0 heterocycles. The van der Waals surface area contributed by atoms with Crippen LogP contribution in [0.25, 0.3) is 0 Å². The quantitative estimate of drug-likeness (QED) is 0.561. The van der Waals surface area contributed by atoms with Crippen LogP contribution in [0.2, 0.25) is 0 Å². The van der Waals surface area contributed by atoms with E-state index >= 15 is 0 Å². The van der Waals surface area contributed by atoms with Gasteiger partial charge in [0.2, 0.25) is 5.91 Å². The van der Waals surface area contributed by atoms with E-state index in [-0.39, 0.29) is 17.0 Å². The Morgan fingerprint density at radius 3 is 2.10 bits per heavy atom. The van der Waals surface area contributed by atoms with Crippen molar-refractivity contribution < 1.29 is 24.6 Å². The number of hydrogen-bond acceptors (Lipinski definition) is 3. The van der Waals surface area contributed by atoms with Gasteiger partial charge < -0.3 is 15.5 Å². The van der Waals surface area contributed by atoms with Gasteiger partial charge >= 0.3 is 11.9 Å². The summed E-state index contributed by atoms with van der Waals surface area (Å²) < 4.78 is 0. The predicted octanol–water partition coefficient (Wildman–Crippen LogP) is 0.961. The van der Waals surface area contributed by atoms with Crippen molar-refractivity contribution in [3.05, 3.63) is 34.9 Å². The molecule has 1 amide bonds. The molecule has 6 heteroatoms. The van der Waals surface area contributed by atoms with Crippen molar-refractivity contribution in [3.8, 4) is 11.8 Å². The van der Waals surface area contributed by atoms with Crippen molar-refractivity contribution in [2.75, 3.05) is 6.54 Å². The molecular formula is C14H13NO5. The molecule has 6 nitrogen and oxygen atoms in total. The van der Waals surface area contributed by atoms with E-state index in [0.29, 0.717) is 18.5 Å². The van der Waals surface area contributed by atoms with Crippen molar-refractivity contribution in [3.63, 3.8) is 0 Å². The van der Waals surface area contributed by atoms with Crippen LogP contribution in [0.5, 0.6) is 0 Å². The maximum atomic E-state index is 10.9. The summed E-state index contributed by atoms with van der Waals surface area (Å²) >= 11 is 0. The SMILES string of the molecule is CC(=O)NCCC#Cc1cc(C(=O)O)cc(C(=O)O)c1. The number of hydrogen-bond donors (Lipinski definition) is 3. The zero-order valence-electron chi connectivity index (χ0n) is 10.8. The van der Waals surface area contributed by atoms with Gasteiger partial charge in [-0.1, -0.05) is 11.8 Å². The van der Waals surface area contributed by atoms with Gasteiger partial charge in [0.25, 0.3) is 0 Å². The van der Waals surface area contributed by atoms with Gasteiger partial charge in [0, 0.05) is 25.5 Å². The molecule has 3 N–H and O–H groups in total. The van der Waals surface area contributed by atoms with Crippen molar-refractivity contribution in [1.29, 1.82) is 0 Å². The third-order valence-electron chi connectivity index (χ3n) is 2.28. The Bertz CT molecular complexity index is 577. The Labute approximate surface area is 115 Å². The molecule has 0 saturated carbocycles. The first kappa shape index (κ1) is 15.2. The highest BCUT2D eigenvalue weighted by atomic mass is 16.4. The number of rotatable bonds is 4. The number of nitrogens with one attached hydrogen (secondary N) is 1. The maximum Gasteiger partial charge on any atom is 0.335 e. The molecule has 0 bridgehead atoms. The molecule has 1 aromatic carbocycles. The largest absolute Gasteiger partial charge is 0.478 e. The van der Waals surface area contributed by atoms with E-state index in [2.05, 4.69) is 17.2 Å². The Balaban J connectivity index is 2.89. The molecule has 0 atom stereocenters. The van der Waals surface area contributed by atoms with E-state index in [1.54, 1.807) is 0 Å². The van der Waals surface area contributed by atoms with Gasteiger partial charge in [-0.05, 0) is 18.2 Å². The van der Waals surface area contributed by atoms with Gasteiger partial charge in [-0.15, -0.1) is 0 Å². The topological polar surface area (TPSA) is 104 Å². The van der Waals surface area contributed by atoms with Crippen LogP contribution in [0.3, 0.4) is 0 Å². The fourth-order valence-electron chi connectivity index (χ4n) is 1.41. The summed E-state index contributed by atoms with van der Waals surface area (Å²) in [7, 11) is 0. The molecule has 0 saturated heterocycles. The number of amides is 1. The second-order valence-corrected chi connectivity index (χ2v) is 3.94. The summed E-state index contributed by atoms with van der Waals surface area (Å²) in [6.07, 6.45) is 0.388. The highest BCUT2D eigenvalue weighted by Crippen LogP contribution is 2.10. The van der Waals surface area contributed by atoms with Crippen molar-refractivity contribution >= 4 is 17.8 Å². The second-order valence-electron chi connectivity index (χ2n) is 3.94. The first-order valence-electron chi connectivity index (χ1n) is 5.75. The maximum absolute atomic E-state index is 10.9. The van der Waals surface area contributed by atoms with E-state index in [1.807, 2.05) is 0 Å². The molecule has 0 aliphatic carbocycles. The molecule has 1 rings (SSSR count). The molecule has 0 unspecified atom stereocenters. The zero-order chi connectivity index (χ0) is 15.1. The van der Waals surface area contributed by atoms with E-state index in [1.165, 1.54) is 19.1 Å². The van der Waals surface area contributed by atoms with Gasteiger partial charge in [-0.3, -0.25) is 4.79 Å². The molecule has 104 valence electrons. The van der Waals surface area contributed by atoms with Crippen LogP contribution < -0.4 is 5.32 Å². The summed E-state index contributed by atoms with van der Waals surface area (Å²) in [5.41, 5.74) is 0.0530. The van der Waals surface area contributed by atoms with Crippen LogP contribution in [0.1, 0.15) is 39.6 Å². The lowest BCUT2D eigenvalue weighted by Gasteiger charge is -2.00. The lowest BCUT2D eigenvalue weighted by Crippen LogP contribution is -2.20. The summed E-state index contributed by atoms with van der Waals surface area (Å²) in [5.74, 6) is 2.83. The monoisotopic (exact) mass is 275 g/mol. The molecule has 1 aromatic rings. The number of carbonyl (C=O) groups is 3. The lowest BCUT2D eigenvalue weighted by atomic mass is 10.1. The third kappa shape index (κ3) is 4.82. The predicted molar refractivity (Wildman–Crippen MR) is 70.5 cm³/mol. The summed E-state index contributed by atoms with van der Waals surface area (Å²) in [5, 5.41) is 20.4. The summed E-state index contributed by atoms with van der Waals surface area (Å²) in [6.45, 7) is 1.77. The molecule has 0 aromatic heterocycles. The Morgan fingerprint density at radius 1 is 1.10 bits per heavy atom. The molecule has 0 aliphatic rings. The van der Waals surface area contributed by atoms with Gasteiger partial charge in [0.05, 0.1) is 11.1 Å². The molecule has 0 fully saturated rings. The highest BCUT2D eigenvalue weighted by molar-refractivity contribution is 5.94. The molecule has 0 radical (unpaired) electrons. The molecule has 0 spiro atoms. The number of carbonyl (C=O) groups excluding carboxylic acids is 1. The average Bonchev–Trinajstić information content (AvgIpc) is 2.37.